The number of aryl methyl sites for hydroxylation is 1. The number of carboxylic acids is 1. The number of hydrogen-bond donors (Lipinski definition) is 3. The van der Waals surface area contributed by atoms with E-state index in [9.17, 15) is 13.2 Å². The van der Waals surface area contributed by atoms with E-state index in [2.05, 4.69) is 4.72 Å². The van der Waals surface area contributed by atoms with Crippen LogP contribution in [0, 0.1) is 0 Å². The number of hydrogen-bond acceptors (Lipinski definition) is 4. The van der Waals surface area contributed by atoms with Gasteiger partial charge in [0.25, 0.3) is 0 Å². The first-order valence-electron chi connectivity index (χ1n) is 6.05. The van der Waals surface area contributed by atoms with Gasteiger partial charge >= 0.3 is 5.97 Å². The minimum absolute atomic E-state index is 0.0268. The molecule has 1 aromatic heterocycles. The van der Waals surface area contributed by atoms with E-state index in [0.29, 0.717) is 19.5 Å². The van der Waals surface area contributed by atoms with Crippen LogP contribution in [-0.4, -0.2) is 37.2 Å². The summed E-state index contributed by atoms with van der Waals surface area (Å²) >= 11 is 0. The van der Waals surface area contributed by atoms with E-state index in [-0.39, 0.29) is 17.1 Å². The fourth-order valence-electron chi connectivity index (χ4n) is 1.63. The molecule has 1 heterocycles. The van der Waals surface area contributed by atoms with Crippen molar-refractivity contribution in [1.29, 1.82) is 0 Å². The highest BCUT2D eigenvalue weighted by atomic mass is 32.2. The van der Waals surface area contributed by atoms with Crippen LogP contribution in [-0.2, 0) is 16.6 Å². The number of aromatic carboxylic acids is 1. The van der Waals surface area contributed by atoms with E-state index in [4.69, 9.17) is 10.8 Å². The summed E-state index contributed by atoms with van der Waals surface area (Å²) in [7, 11) is -3.68. The predicted molar refractivity (Wildman–Crippen MR) is 70.5 cm³/mol. The molecule has 0 saturated carbocycles. The van der Waals surface area contributed by atoms with Crippen LogP contribution in [0.15, 0.2) is 17.2 Å². The SMILES string of the molecule is CCCn1cc(S(=O)(=O)NCCCN)cc1C(=O)O. The lowest BCUT2D eigenvalue weighted by Crippen LogP contribution is -2.25. The Labute approximate surface area is 112 Å². The molecule has 0 aliphatic rings. The first-order valence-corrected chi connectivity index (χ1v) is 7.54. The minimum Gasteiger partial charge on any atom is -0.477 e. The van der Waals surface area contributed by atoms with Gasteiger partial charge in [-0.3, -0.25) is 0 Å². The Balaban J connectivity index is 3.00. The molecule has 0 atom stereocenters. The van der Waals surface area contributed by atoms with Crippen molar-refractivity contribution >= 4 is 16.0 Å². The van der Waals surface area contributed by atoms with Crippen molar-refractivity contribution < 1.29 is 18.3 Å². The van der Waals surface area contributed by atoms with Crippen molar-refractivity contribution in [2.24, 2.45) is 5.73 Å². The van der Waals surface area contributed by atoms with Crippen LogP contribution in [0.2, 0.25) is 0 Å². The largest absolute Gasteiger partial charge is 0.477 e. The third kappa shape index (κ3) is 4.05. The Morgan fingerprint density at radius 1 is 1.53 bits per heavy atom. The van der Waals surface area contributed by atoms with Crippen LogP contribution < -0.4 is 10.5 Å². The van der Waals surface area contributed by atoms with E-state index in [1.165, 1.54) is 16.8 Å². The van der Waals surface area contributed by atoms with Gasteiger partial charge in [0.15, 0.2) is 0 Å². The number of sulfonamides is 1. The average molecular weight is 289 g/mol. The van der Waals surface area contributed by atoms with Gasteiger partial charge in [0.2, 0.25) is 10.0 Å². The maximum atomic E-state index is 11.9. The smallest absolute Gasteiger partial charge is 0.352 e. The molecule has 0 amide bonds. The molecule has 0 spiro atoms. The molecule has 1 rings (SSSR count). The topological polar surface area (TPSA) is 114 Å². The van der Waals surface area contributed by atoms with E-state index in [1.54, 1.807) is 0 Å². The van der Waals surface area contributed by atoms with Gasteiger partial charge in [-0.05, 0) is 25.5 Å². The molecule has 7 nitrogen and oxygen atoms in total. The summed E-state index contributed by atoms with van der Waals surface area (Å²) in [6.45, 7) is 2.97. The zero-order chi connectivity index (χ0) is 14.5. The summed E-state index contributed by atoms with van der Waals surface area (Å²) in [4.78, 5) is 11.0. The highest BCUT2D eigenvalue weighted by molar-refractivity contribution is 7.89. The highest BCUT2D eigenvalue weighted by Gasteiger charge is 2.20. The van der Waals surface area contributed by atoms with Gasteiger partial charge in [0, 0.05) is 19.3 Å². The third-order valence-corrected chi connectivity index (χ3v) is 3.97. The second-order valence-corrected chi connectivity index (χ2v) is 5.87. The van der Waals surface area contributed by atoms with Gasteiger partial charge in [0.1, 0.15) is 10.6 Å². The highest BCUT2D eigenvalue weighted by Crippen LogP contribution is 2.15. The van der Waals surface area contributed by atoms with Crippen LogP contribution in [0.1, 0.15) is 30.3 Å². The van der Waals surface area contributed by atoms with Crippen molar-refractivity contribution in [2.45, 2.75) is 31.2 Å². The zero-order valence-electron chi connectivity index (χ0n) is 10.8. The van der Waals surface area contributed by atoms with Gasteiger partial charge in [-0.15, -0.1) is 0 Å². The Morgan fingerprint density at radius 3 is 2.74 bits per heavy atom. The monoisotopic (exact) mass is 289 g/mol. The summed E-state index contributed by atoms with van der Waals surface area (Å²) in [5.74, 6) is -1.14. The molecule has 1 aromatic rings. The summed E-state index contributed by atoms with van der Waals surface area (Å²) in [5, 5.41) is 9.03. The molecule has 0 saturated heterocycles. The molecular formula is C11H19N3O4S. The van der Waals surface area contributed by atoms with E-state index >= 15 is 0 Å². The van der Waals surface area contributed by atoms with Gasteiger partial charge < -0.3 is 15.4 Å². The third-order valence-electron chi connectivity index (χ3n) is 2.54. The number of carbonyl (C=O) groups is 1. The lowest BCUT2D eigenvalue weighted by atomic mass is 10.4. The second-order valence-electron chi connectivity index (χ2n) is 4.10. The molecule has 8 heteroatoms. The number of rotatable bonds is 8. The van der Waals surface area contributed by atoms with Crippen LogP contribution in [0.3, 0.4) is 0 Å². The van der Waals surface area contributed by atoms with Crippen molar-refractivity contribution in [3.05, 3.63) is 18.0 Å². The maximum Gasteiger partial charge on any atom is 0.352 e. The summed E-state index contributed by atoms with van der Waals surface area (Å²) in [5.41, 5.74) is 5.26. The second kappa shape index (κ2) is 6.69. The molecular weight excluding hydrogens is 270 g/mol. The number of nitrogens with one attached hydrogen (secondary N) is 1. The van der Waals surface area contributed by atoms with Crippen LogP contribution in [0.4, 0.5) is 0 Å². The molecule has 0 radical (unpaired) electrons. The van der Waals surface area contributed by atoms with Gasteiger partial charge in [-0.2, -0.15) is 0 Å². The summed E-state index contributed by atoms with van der Waals surface area (Å²) in [6, 6.07) is 1.17. The molecule has 0 aliphatic carbocycles. The molecule has 0 bridgehead atoms. The predicted octanol–water partition coefficient (Wildman–Crippen LogP) is 0.223. The fraction of sp³-hybridized carbons (Fsp3) is 0.545. The first kappa shape index (κ1) is 15.7. The average Bonchev–Trinajstić information content (AvgIpc) is 2.74. The van der Waals surface area contributed by atoms with Gasteiger partial charge in [-0.25, -0.2) is 17.9 Å². The Kier molecular flexibility index (Phi) is 5.52. The van der Waals surface area contributed by atoms with Crippen LogP contribution in [0.25, 0.3) is 0 Å². The van der Waals surface area contributed by atoms with E-state index < -0.39 is 16.0 Å². The first-order chi connectivity index (χ1) is 8.92. The van der Waals surface area contributed by atoms with Crippen molar-refractivity contribution in [3.8, 4) is 0 Å². The summed E-state index contributed by atoms with van der Waals surface area (Å²) < 4.78 is 27.7. The lowest BCUT2D eigenvalue weighted by Gasteiger charge is -2.04. The molecule has 4 N–H and O–H groups in total. The molecule has 0 fully saturated rings. The number of nitrogens with zero attached hydrogens (tertiary/aromatic N) is 1. The number of aromatic nitrogens is 1. The van der Waals surface area contributed by atoms with Crippen molar-refractivity contribution in [1.82, 2.24) is 9.29 Å². The molecule has 0 aromatic carbocycles. The van der Waals surface area contributed by atoms with E-state index in [0.717, 1.165) is 6.42 Å². The summed E-state index contributed by atoms with van der Waals surface area (Å²) in [6.07, 6.45) is 2.59. The number of nitrogens with two attached hydrogens (primary N) is 1. The Hall–Kier alpha value is -1.38. The molecule has 0 unspecified atom stereocenters. The zero-order valence-corrected chi connectivity index (χ0v) is 11.6. The van der Waals surface area contributed by atoms with Crippen molar-refractivity contribution in [3.63, 3.8) is 0 Å². The van der Waals surface area contributed by atoms with Gasteiger partial charge in [0.05, 0.1) is 0 Å². The lowest BCUT2D eigenvalue weighted by molar-refractivity contribution is 0.0685. The molecule has 0 aliphatic heterocycles. The van der Waals surface area contributed by atoms with Gasteiger partial charge in [-0.1, -0.05) is 6.92 Å². The Morgan fingerprint density at radius 2 is 2.21 bits per heavy atom. The van der Waals surface area contributed by atoms with E-state index in [1.807, 2.05) is 6.92 Å². The minimum atomic E-state index is -3.68. The quantitative estimate of drug-likeness (QED) is 0.592. The van der Waals surface area contributed by atoms with Crippen LogP contribution in [0.5, 0.6) is 0 Å². The number of carboxylic acid groups (broad SMARTS) is 1. The van der Waals surface area contributed by atoms with Crippen LogP contribution >= 0.6 is 0 Å². The fourth-order valence-corrected chi connectivity index (χ4v) is 2.74. The molecule has 19 heavy (non-hydrogen) atoms. The maximum absolute atomic E-state index is 11.9. The van der Waals surface area contributed by atoms with Crippen molar-refractivity contribution in [2.75, 3.05) is 13.1 Å². The Bertz CT molecular complexity index is 536. The molecule has 108 valence electrons. The normalized spacial score (nSPS) is 11.7. The standard InChI is InChI=1S/C11H19N3O4S/c1-2-6-14-8-9(7-10(14)11(15)16)19(17,18)13-5-3-4-12/h7-8,13H,2-6,12H2,1H3,(H,15,16).